The SMILES string of the molecule is CCCCCCCCC/C=C/C/C=C/C/C=C/C/C=C/CCCC(=O)O[C@H](COC(=O)CCCCC/C=C/CCCCCCCCCC)CO[C@H]1O[C@@H](CO[C@H]2O[C@@H](CO)[C@@H](O)C(O)C2O)[C@@H](O)C(O)C1O. The maximum atomic E-state index is 13.0. The number of unbranched alkanes of at least 4 members (excludes halogenated alkanes) is 19. The van der Waals surface area contributed by atoms with Gasteiger partial charge in [-0.05, 0) is 77.0 Å². The van der Waals surface area contributed by atoms with E-state index in [9.17, 15) is 45.3 Å². The van der Waals surface area contributed by atoms with E-state index in [4.69, 9.17) is 28.4 Å². The van der Waals surface area contributed by atoms with Crippen LogP contribution in [0, 0.1) is 0 Å². The summed E-state index contributed by atoms with van der Waals surface area (Å²) in [5.41, 5.74) is 0. The zero-order chi connectivity index (χ0) is 52.4. The minimum absolute atomic E-state index is 0.0846. The molecule has 4 unspecified atom stereocenters. The third-order valence-corrected chi connectivity index (χ3v) is 13.0. The van der Waals surface area contributed by atoms with E-state index >= 15 is 0 Å². The van der Waals surface area contributed by atoms with Crippen molar-refractivity contribution in [2.45, 2.75) is 261 Å². The Bertz CT molecular complexity index is 1480. The lowest BCUT2D eigenvalue weighted by atomic mass is 9.98. The second-order valence-electron chi connectivity index (χ2n) is 19.4. The Kier molecular flexibility index (Phi) is 39.4. The highest BCUT2D eigenvalue weighted by Crippen LogP contribution is 2.26. The molecule has 15 heteroatoms. The van der Waals surface area contributed by atoms with Crippen LogP contribution < -0.4 is 0 Å². The molecule has 0 radical (unpaired) electrons. The summed E-state index contributed by atoms with van der Waals surface area (Å²) in [4.78, 5) is 25.8. The van der Waals surface area contributed by atoms with E-state index < -0.39 is 99.3 Å². The van der Waals surface area contributed by atoms with Gasteiger partial charge in [0.15, 0.2) is 18.7 Å². The van der Waals surface area contributed by atoms with Gasteiger partial charge in [0, 0.05) is 12.8 Å². The molecular weight excluding hydrogens is 925 g/mol. The number of esters is 2. The van der Waals surface area contributed by atoms with Gasteiger partial charge >= 0.3 is 11.9 Å². The van der Waals surface area contributed by atoms with Crippen LogP contribution in [-0.2, 0) is 38.0 Å². The van der Waals surface area contributed by atoms with Crippen molar-refractivity contribution in [3.8, 4) is 0 Å². The predicted molar refractivity (Wildman–Crippen MR) is 280 cm³/mol. The fourth-order valence-electron chi connectivity index (χ4n) is 8.38. The van der Waals surface area contributed by atoms with Crippen LogP contribution >= 0.6 is 0 Å². The number of aliphatic hydroxyl groups is 7. The van der Waals surface area contributed by atoms with E-state index in [1.165, 1.54) is 96.3 Å². The van der Waals surface area contributed by atoms with Crippen LogP contribution in [0.15, 0.2) is 60.8 Å². The number of ether oxygens (including phenoxy) is 6. The molecule has 2 aliphatic heterocycles. The third kappa shape index (κ3) is 30.5. The highest BCUT2D eigenvalue weighted by atomic mass is 16.7. The van der Waals surface area contributed by atoms with Crippen LogP contribution in [0.25, 0.3) is 0 Å². The highest BCUT2D eigenvalue weighted by Gasteiger charge is 2.47. The Hall–Kier alpha value is -2.80. The maximum absolute atomic E-state index is 13.0. The molecule has 0 amide bonds. The monoisotopic (exact) mass is 1020 g/mol. The van der Waals surface area contributed by atoms with Crippen molar-refractivity contribution in [1.82, 2.24) is 0 Å². The van der Waals surface area contributed by atoms with Gasteiger partial charge in [0.2, 0.25) is 0 Å². The molecule has 72 heavy (non-hydrogen) atoms. The molecule has 0 aliphatic carbocycles. The van der Waals surface area contributed by atoms with Crippen LogP contribution in [0.4, 0.5) is 0 Å². The van der Waals surface area contributed by atoms with Gasteiger partial charge in [0.05, 0.1) is 19.8 Å². The number of hydrogen-bond donors (Lipinski definition) is 7. The van der Waals surface area contributed by atoms with E-state index in [1.54, 1.807) is 0 Å². The zero-order valence-electron chi connectivity index (χ0n) is 44.1. The molecule has 0 spiro atoms. The first kappa shape index (κ1) is 65.3. The fourth-order valence-corrected chi connectivity index (χ4v) is 8.38. The summed E-state index contributed by atoms with van der Waals surface area (Å²) < 4.78 is 33.5. The van der Waals surface area contributed by atoms with Crippen molar-refractivity contribution in [1.29, 1.82) is 0 Å². The topological polar surface area (TPSA) is 231 Å². The zero-order valence-corrected chi connectivity index (χ0v) is 44.1. The Morgan fingerprint density at radius 2 is 0.847 bits per heavy atom. The standard InChI is InChI=1S/C57H98O15/c1-3-5-7-9-11-13-15-17-19-20-21-22-23-24-26-28-30-32-34-36-38-40-49(60)70-45(42-67-48(59)39-37-35-33-31-29-27-25-18-16-14-12-10-8-6-4-2)43-68-56-55(66)53(64)51(62)47(72-56)44-69-57-54(65)52(63)50(61)46(41-58)71-57/h19-20,22-23,26-29,32,34,45-47,50-58,61-66H,3-18,21,24-25,30-31,33,35-44H2,1-2H3/b20-19+,23-22+,28-26+,29-27+,34-32+/t45-,46+,47+,50-,51-,52?,53?,54?,55?,56+,57+/m1/s1. The van der Waals surface area contributed by atoms with Gasteiger partial charge in [-0.3, -0.25) is 9.59 Å². The predicted octanol–water partition coefficient (Wildman–Crippen LogP) is 8.83. The average Bonchev–Trinajstić information content (AvgIpc) is 3.37. The molecule has 0 aromatic carbocycles. The first-order valence-corrected chi connectivity index (χ1v) is 27.9. The minimum atomic E-state index is -1.78. The summed E-state index contributed by atoms with van der Waals surface area (Å²) in [6.45, 7) is 2.52. The lowest BCUT2D eigenvalue weighted by Crippen LogP contribution is -2.61. The molecule has 15 nitrogen and oxygen atoms in total. The molecular formula is C57H98O15. The van der Waals surface area contributed by atoms with E-state index in [1.807, 2.05) is 12.2 Å². The molecule has 2 rings (SSSR count). The van der Waals surface area contributed by atoms with Gasteiger partial charge < -0.3 is 64.2 Å². The maximum Gasteiger partial charge on any atom is 0.306 e. The Balaban J connectivity index is 1.81. The van der Waals surface area contributed by atoms with Gasteiger partial charge in [0.1, 0.15) is 55.4 Å². The van der Waals surface area contributed by atoms with Crippen molar-refractivity contribution < 1.29 is 73.8 Å². The summed E-state index contributed by atoms with van der Waals surface area (Å²) in [6.07, 6.45) is 34.0. The number of aliphatic hydroxyl groups excluding tert-OH is 7. The molecule has 2 aliphatic rings. The second kappa shape index (κ2) is 43.4. The lowest BCUT2D eigenvalue weighted by Gasteiger charge is -2.42. The van der Waals surface area contributed by atoms with Crippen molar-refractivity contribution in [3.05, 3.63) is 60.8 Å². The molecule has 0 aromatic rings. The lowest BCUT2D eigenvalue weighted by molar-refractivity contribution is -0.332. The summed E-state index contributed by atoms with van der Waals surface area (Å²) in [6, 6.07) is 0. The van der Waals surface area contributed by atoms with Gasteiger partial charge in [-0.2, -0.15) is 0 Å². The van der Waals surface area contributed by atoms with Crippen LogP contribution in [0.1, 0.15) is 194 Å². The van der Waals surface area contributed by atoms with Gasteiger partial charge in [0.25, 0.3) is 0 Å². The largest absolute Gasteiger partial charge is 0.462 e. The molecule has 2 fully saturated rings. The molecule has 7 N–H and O–H groups in total. The number of allylic oxidation sites excluding steroid dienone is 10. The second-order valence-corrected chi connectivity index (χ2v) is 19.4. The van der Waals surface area contributed by atoms with Crippen LogP contribution in [-0.4, -0.2) is 142 Å². The number of carbonyl (C=O) groups excluding carboxylic acids is 2. The number of carbonyl (C=O) groups is 2. The molecule has 2 heterocycles. The summed E-state index contributed by atoms with van der Waals surface area (Å²) in [7, 11) is 0. The van der Waals surface area contributed by atoms with Gasteiger partial charge in [-0.15, -0.1) is 0 Å². The molecule has 0 aromatic heterocycles. The first-order chi connectivity index (χ1) is 35.0. The Morgan fingerprint density at radius 3 is 1.36 bits per heavy atom. The fraction of sp³-hybridized carbons (Fsp3) is 0.789. The van der Waals surface area contributed by atoms with E-state index in [0.29, 0.717) is 19.3 Å². The first-order valence-electron chi connectivity index (χ1n) is 27.9. The minimum Gasteiger partial charge on any atom is -0.462 e. The van der Waals surface area contributed by atoms with E-state index in [-0.39, 0.29) is 19.4 Å². The van der Waals surface area contributed by atoms with Crippen LogP contribution in [0.5, 0.6) is 0 Å². The highest BCUT2D eigenvalue weighted by molar-refractivity contribution is 5.70. The van der Waals surface area contributed by atoms with Gasteiger partial charge in [-0.25, -0.2) is 0 Å². The molecule has 0 bridgehead atoms. The number of rotatable bonds is 43. The van der Waals surface area contributed by atoms with E-state index in [2.05, 4.69) is 62.5 Å². The Labute approximate surface area is 432 Å². The molecule has 416 valence electrons. The average molecular weight is 1020 g/mol. The summed E-state index contributed by atoms with van der Waals surface area (Å²) in [5.74, 6) is -1.01. The normalized spacial score (nSPS) is 25.5. The van der Waals surface area contributed by atoms with Gasteiger partial charge in [-0.1, -0.05) is 164 Å². The van der Waals surface area contributed by atoms with Crippen LogP contribution in [0.3, 0.4) is 0 Å². The third-order valence-electron chi connectivity index (χ3n) is 13.0. The summed E-state index contributed by atoms with van der Waals surface area (Å²) >= 11 is 0. The smallest absolute Gasteiger partial charge is 0.306 e. The summed E-state index contributed by atoms with van der Waals surface area (Å²) in [5, 5.41) is 72.2. The molecule has 11 atom stereocenters. The Morgan fingerprint density at radius 1 is 0.444 bits per heavy atom. The van der Waals surface area contributed by atoms with Crippen molar-refractivity contribution >= 4 is 11.9 Å². The van der Waals surface area contributed by atoms with Crippen molar-refractivity contribution in [2.75, 3.05) is 26.4 Å². The quantitative estimate of drug-likeness (QED) is 0.0172. The molecule has 2 saturated heterocycles. The molecule has 0 saturated carbocycles. The number of hydrogen-bond acceptors (Lipinski definition) is 15. The van der Waals surface area contributed by atoms with Crippen molar-refractivity contribution in [3.63, 3.8) is 0 Å². The van der Waals surface area contributed by atoms with Crippen molar-refractivity contribution in [2.24, 2.45) is 0 Å². The van der Waals surface area contributed by atoms with Crippen LogP contribution in [0.2, 0.25) is 0 Å². The van der Waals surface area contributed by atoms with E-state index in [0.717, 1.165) is 51.4 Å².